The second-order valence-electron chi connectivity index (χ2n) is 2.29. The van der Waals surface area contributed by atoms with E-state index in [1.807, 2.05) is 0 Å². The van der Waals surface area contributed by atoms with Gasteiger partial charge in [-0.25, -0.2) is 4.39 Å². The van der Waals surface area contributed by atoms with Crippen molar-refractivity contribution in [3.05, 3.63) is 35.3 Å². The molecule has 0 aromatic carbocycles. The average molecular weight is 174 g/mol. The summed E-state index contributed by atoms with van der Waals surface area (Å²) in [5, 5.41) is 3.23. The van der Waals surface area contributed by atoms with E-state index in [-0.39, 0.29) is 10.9 Å². The zero-order valence-electron chi connectivity index (χ0n) is 6.03. The van der Waals surface area contributed by atoms with E-state index in [9.17, 15) is 4.39 Å². The van der Waals surface area contributed by atoms with Crippen LogP contribution in [-0.2, 0) is 0 Å². The molecule has 0 aliphatic carbocycles. The van der Waals surface area contributed by atoms with E-state index in [2.05, 4.69) is 11.9 Å². The van der Waals surface area contributed by atoms with E-state index in [1.165, 1.54) is 6.08 Å². The minimum absolute atomic E-state index is 0.265. The standard InChI is InChI=1S/C8H9ClFN/c1-6-2-3-8(10)7(9)4-5-11-6/h2-3,11H,1,4-5H2/b3-2-,8-7-. The first-order chi connectivity index (χ1) is 5.20. The van der Waals surface area contributed by atoms with Crippen LogP contribution >= 0.6 is 11.6 Å². The van der Waals surface area contributed by atoms with Gasteiger partial charge in [0.1, 0.15) is 5.83 Å². The van der Waals surface area contributed by atoms with Crippen LogP contribution in [0.4, 0.5) is 4.39 Å². The maximum Gasteiger partial charge on any atom is 0.137 e. The summed E-state index contributed by atoms with van der Waals surface area (Å²) in [6.45, 7) is 4.28. The van der Waals surface area contributed by atoms with Gasteiger partial charge in [-0.1, -0.05) is 18.2 Å². The third kappa shape index (κ3) is 2.39. The minimum atomic E-state index is -0.366. The Labute approximate surface area is 70.2 Å². The number of nitrogens with one attached hydrogen (secondary N) is 1. The van der Waals surface area contributed by atoms with Crippen molar-refractivity contribution >= 4 is 11.6 Å². The van der Waals surface area contributed by atoms with Crippen molar-refractivity contribution in [2.24, 2.45) is 0 Å². The van der Waals surface area contributed by atoms with E-state index in [0.29, 0.717) is 18.7 Å². The fraction of sp³-hybridized carbons (Fsp3) is 0.250. The van der Waals surface area contributed by atoms with Crippen LogP contribution in [0.5, 0.6) is 0 Å². The van der Waals surface area contributed by atoms with Crippen LogP contribution in [0.15, 0.2) is 35.3 Å². The third-order valence-electron chi connectivity index (χ3n) is 1.39. The van der Waals surface area contributed by atoms with Gasteiger partial charge >= 0.3 is 0 Å². The second kappa shape index (κ2) is 3.58. The van der Waals surface area contributed by atoms with Gasteiger partial charge in [0.15, 0.2) is 0 Å². The average Bonchev–Trinajstić information content (AvgIpc) is 1.98. The molecule has 0 fully saturated rings. The van der Waals surface area contributed by atoms with Gasteiger partial charge in [-0.2, -0.15) is 0 Å². The Balaban J connectivity index is 2.80. The first kappa shape index (κ1) is 8.34. The summed E-state index contributed by atoms with van der Waals surface area (Å²) in [6, 6.07) is 0. The summed E-state index contributed by atoms with van der Waals surface area (Å²) in [5.41, 5.74) is 0.712. The lowest BCUT2D eigenvalue weighted by atomic mass is 10.2. The molecule has 1 rings (SSSR count). The fourth-order valence-electron chi connectivity index (χ4n) is 0.775. The van der Waals surface area contributed by atoms with Crippen LogP contribution in [0, 0.1) is 0 Å². The van der Waals surface area contributed by atoms with Crippen LogP contribution in [0.2, 0.25) is 0 Å². The Hall–Kier alpha value is -0.760. The Morgan fingerprint density at radius 1 is 1.55 bits per heavy atom. The van der Waals surface area contributed by atoms with Gasteiger partial charge in [-0.15, -0.1) is 0 Å². The predicted molar refractivity (Wildman–Crippen MR) is 44.9 cm³/mol. The van der Waals surface area contributed by atoms with E-state index >= 15 is 0 Å². The van der Waals surface area contributed by atoms with Crippen molar-refractivity contribution < 1.29 is 4.39 Å². The van der Waals surface area contributed by atoms with Gasteiger partial charge in [0.2, 0.25) is 0 Å². The Bertz CT molecular complexity index is 230. The molecule has 0 saturated heterocycles. The first-order valence-electron chi connectivity index (χ1n) is 3.35. The molecule has 1 aliphatic rings. The second-order valence-corrected chi connectivity index (χ2v) is 2.74. The molecule has 0 aromatic rings. The zero-order chi connectivity index (χ0) is 8.27. The molecule has 1 nitrogen and oxygen atoms in total. The highest BCUT2D eigenvalue weighted by molar-refractivity contribution is 6.30. The fourth-order valence-corrected chi connectivity index (χ4v) is 0.933. The number of allylic oxidation sites excluding steroid dienone is 3. The van der Waals surface area contributed by atoms with Crippen LogP contribution in [-0.4, -0.2) is 6.54 Å². The first-order valence-corrected chi connectivity index (χ1v) is 3.73. The van der Waals surface area contributed by atoms with Crippen LogP contribution in [0.1, 0.15) is 6.42 Å². The van der Waals surface area contributed by atoms with Gasteiger partial charge in [0, 0.05) is 18.7 Å². The van der Waals surface area contributed by atoms with E-state index in [0.717, 1.165) is 0 Å². The van der Waals surface area contributed by atoms with Crippen LogP contribution in [0.25, 0.3) is 0 Å². The molecule has 0 amide bonds. The molecular weight excluding hydrogens is 165 g/mol. The molecule has 11 heavy (non-hydrogen) atoms. The highest BCUT2D eigenvalue weighted by Crippen LogP contribution is 2.17. The molecule has 60 valence electrons. The molecular formula is C8H9ClFN. The van der Waals surface area contributed by atoms with Crippen molar-refractivity contribution in [1.82, 2.24) is 5.32 Å². The monoisotopic (exact) mass is 173 g/mol. The molecule has 0 atom stereocenters. The Morgan fingerprint density at radius 2 is 2.27 bits per heavy atom. The molecule has 0 saturated carbocycles. The van der Waals surface area contributed by atoms with Crippen molar-refractivity contribution in [2.45, 2.75) is 6.42 Å². The predicted octanol–water partition coefficient (Wildman–Crippen LogP) is 2.47. The molecule has 0 bridgehead atoms. The van der Waals surface area contributed by atoms with E-state index in [4.69, 9.17) is 11.6 Å². The molecule has 0 spiro atoms. The molecule has 0 aromatic heterocycles. The lowest BCUT2D eigenvalue weighted by Gasteiger charge is -2.08. The van der Waals surface area contributed by atoms with Crippen molar-refractivity contribution in [3.63, 3.8) is 0 Å². The smallest absolute Gasteiger partial charge is 0.137 e. The Kier molecular flexibility index (Phi) is 2.71. The summed E-state index contributed by atoms with van der Waals surface area (Å²) >= 11 is 5.58. The third-order valence-corrected chi connectivity index (χ3v) is 1.76. The molecule has 0 unspecified atom stereocenters. The lowest BCUT2D eigenvalue weighted by molar-refractivity contribution is 0.647. The number of rotatable bonds is 0. The Morgan fingerprint density at radius 3 is 3.00 bits per heavy atom. The minimum Gasteiger partial charge on any atom is -0.385 e. The summed E-state index contributed by atoms with van der Waals surface area (Å²) in [5.74, 6) is -0.366. The summed E-state index contributed by atoms with van der Waals surface area (Å²) in [4.78, 5) is 0. The summed E-state index contributed by atoms with van der Waals surface area (Å²) in [6.07, 6.45) is 3.39. The van der Waals surface area contributed by atoms with Crippen LogP contribution < -0.4 is 5.32 Å². The number of hydrogen-bond donors (Lipinski definition) is 1. The quantitative estimate of drug-likeness (QED) is 0.594. The summed E-state index contributed by atoms with van der Waals surface area (Å²) in [7, 11) is 0. The maximum atomic E-state index is 12.8. The number of hydrogen-bond acceptors (Lipinski definition) is 1. The lowest BCUT2D eigenvalue weighted by Crippen LogP contribution is -2.13. The zero-order valence-corrected chi connectivity index (χ0v) is 6.79. The van der Waals surface area contributed by atoms with Gasteiger partial charge in [0.25, 0.3) is 0 Å². The van der Waals surface area contributed by atoms with Gasteiger partial charge < -0.3 is 5.32 Å². The SMILES string of the molecule is C=C1/C=C\C(F)=C(\Cl)CCN1. The molecule has 1 N–H and O–H groups in total. The topological polar surface area (TPSA) is 12.0 Å². The number of halogens is 2. The van der Waals surface area contributed by atoms with Gasteiger partial charge in [-0.05, 0) is 12.2 Å². The van der Waals surface area contributed by atoms with Crippen molar-refractivity contribution in [2.75, 3.05) is 6.54 Å². The van der Waals surface area contributed by atoms with Crippen molar-refractivity contribution in [1.29, 1.82) is 0 Å². The molecule has 0 radical (unpaired) electrons. The highest BCUT2D eigenvalue weighted by atomic mass is 35.5. The maximum absolute atomic E-state index is 12.8. The van der Waals surface area contributed by atoms with Gasteiger partial charge in [0.05, 0.1) is 5.03 Å². The van der Waals surface area contributed by atoms with E-state index in [1.54, 1.807) is 6.08 Å². The molecule has 3 heteroatoms. The largest absolute Gasteiger partial charge is 0.385 e. The molecule has 1 heterocycles. The summed E-state index contributed by atoms with van der Waals surface area (Å²) < 4.78 is 12.8. The highest BCUT2D eigenvalue weighted by Gasteiger charge is 2.03. The molecule has 1 aliphatic heterocycles. The van der Waals surface area contributed by atoms with Crippen LogP contribution in [0.3, 0.4) is 0 Å². The van der Waals surface area contributed by atoms with E-state index < -0.39 is 0 Å². The van der Waals surface area contributed by atoms with Crippen molar-refractivity contribution in [3.8, 4) is 0 Å². The van der Waals surface area contributed by atoms with Gasteiger partial charge in [-0.3, -0.25) is 0 Å². The normalized spacial score (nSPS) is 28.7.